The fourth-order valence-corrected chi connectivity index (χ4v) is 2.45. The third-order valence-corrected chi connectivity index (χ3v) is 4.20. The van der Waals surface area contributed by atoms with E-state index in [1.807, 2.05) is 0 Å². The summed E-state index contributed by atoms with van der Waals surface area (Å²) in [5.74, 6) is -1.01. The number of esters is 1. The Labute approximate surface area is 158 Å². The lowest BCUT2D eigenvalue weighted by atomic mass is 10.3. The van der Waals surface area contributed by atoms with Crippen LogP contribution in [-0.4, -0.2) is 25.6 Å². The van der Waals surface area contributed by atoms with Crippen LogP contribution in [0.25, 0.3) is 0 Å². The highest BCUT2D eigenvalue weighted by atomic mass is 35.5. The molecule has 0 saturated carbocycles. The summed E-state index contributed by atoms with van der Waals surface area (Å²) in [7, 11) is 1.47. The zero-order valence-electron chi connectivity index (χ0n) is 12.9. The highest BCUT2D eigenvalue weighted by Crippen LogP contribution is 2.32. The van der Waals surface area contributed by atoms with Crippen LogP contribution in [0.2, 0.25) is 15.2 Å². The number of rotatable bonds is 5. The summed E-state index contributed by atoms with van der Waals surface area (Å²) >= 11 is 17.5. The maximum Gasteiger partial charge on any atom is 0.405 e. The van der Waals surface area contributed by atoms with Crippen molar-refractivity contribution >= 4 is 58.1 Å². The van der Waals surface area contributed by atoms with Gasteiger partial charge in [0.05, 0.1) is 18.5 Å². The van der Waals surface area contributed by atoms with E-state index >= 15 is 0 Å². The Morgan fingerprint density at radius 2 is 1.88 bits per heavy atom. The summed E-state index contributed by atoms with van der Waals surface area (Å²) in [5, 5.41) is 2.32. The second kappa shape index (κ2) is 8.24. The number of hydrogen-bond donors (Lipinski definition) is 2. The van der Waals surface area contributed by atoms with Crippen LogP contribution in [0.4, 0.5) is 11.4 Å². The molecule has 0 spiro atoms. The molecule has 0 fully saturated rings. The number of benzene rings is 1. The maximum absolute atomic E-state index is 12.1. The molecule has 1 heterocycles. The van der Waals surface area contributed by atoms with E-state index in [0.29, 0.717) is 11.4 Å². The van der Waals surface area contributed by atoms with Gasteiger partial charge in [-0.05, 0) is 23.7 Å². The highest BCUT2D eigenvalue weighted by molar-refractivity contribution is 6.45. The minimum Gasteiger partial charge on any atom is -0.495 e. The second-order valence-corrected chi connectivity index (χ2v) is 5.81. The summed E-state index contributed by atoms with van der Waals surface area (Å²) in [5.41, 5.74) is 5.80. The number of methoxy groups -OCH3 is 1. The topological polar surface area (TPSA) is 105 Å². The molecule has 0 bridgehead atoms. The number of nitrogen functional groups attached to an aromatic ring is 1. The molecule has 0 aliphatic rings. The molecule has 1 amide bonds. The number of nitrogens with two attached hydrogens (primary N) is 1. The zero-order valence-corrected chi connectivity index (χ0v) is 15.1. The smallest absolute Gasteiger partial charge is 0.405 e. The number of hydrogen-bond acceptors (Lipinski definition) is 5. The van der Waals surface area contributed by atoms with Gasteiger partial charge in [0.1, 0.15) is 15.8 Å². The second-order valence-electron chi connectivity index (χ2n) is 4.68. The largest absolute Gasteiger partial charge is 0.495 e. The zero-order chi connectivity index (χ0) is 18.6. The van der Waals surface area contributed by atoms with Crippen LogP contribution in [0.3, 0.4) is 0 Å². The first-order valence-electron chi connectivity index (χ1n) is 6.80. The van der Waals surface area contributed by atoms with Gasteiger partial charge in [-0.2, -0.15) is 4.98 Å². The van der Waals surface area contributed by atoms with Crippen LogP contribution in [0.15, 0.2) is 24.3 Å². The predicted molar refractivity (Wildman–Crippen MR) is 94.3 cm³/mol. The van der Waals surface area contributed by atoms with Crippen LogP contribution >= 0.6 is 34.8 Å². The van der Waals surface area contributed by atoms with Crippen molar-refractivity contribution in [2.75, 3.05) is 24.8 Å². The normalized spacial score (nSPS) is 10.2. The number of nitrogens with one attached hydrogen (secondary N) is 2. The first-order valence-corrected chi connectivity index (χ1v) is 7.93. The fraction of sp³-hybridized carbons (Fsp3) is 0.133. The molecule has 0 unspecified atom stereocenters. The van der Waals surface area contributed by atoms with Crippen molar-refractivity contribution in [1.82, 2.24) is 0 Å². The lowest BCUT2D eigenvalue weighted by Gasteiger charge is -2.09. The van der Waals surface area contributed by atoms with Crippen molar-refractivity contribution in [2.45, 2.75) is 0 Å². The number of para-hydroxylation sites is 2. The Morgan fingerprint density at radius 1 is 1.20 bits per heavy atom. The van der Waals surface area contributed by atoms with Gasteiger partial charge >= 0.3 is 11.7 Å². The van der Waals surface area contributed by atoms with E-state index in [-0.39, 0.29) is 26.6 Å². The standard InChI is InChI=1S/C15H12Cl3N3O4/c1-24-8-5-3-2-4-7(8)20-9(22)6-25-15(23)13-10(16)12(19)11(17)14(18)21-13/h2-5H,6H2,1H3,(H2,19,21)(H,20,22)/p+1. The lowest BCUT2D eigenvalue weighted by molar-refractivity contribution is -0.380. The molecule has 0 radical (unpaired) electrons. The van der Waals surface area contributed by atoms with Gasteiger partial charge < -0.3 is 20.5 Å². The molecular weight excluding hydrogens is 393 g/mol. The van der Waals surface area contributed by atoms with E-state index in [1.165, 1.54) is 7.11 Å². The number of aromatic amines is 1. The molecule has 0 saturated heterocycles. The van der Waals surface area contributed by atoms with E-state index in [1.54, 1.807) is 24.3 Å². The van der Waals surface area contributed by atoms with Crippen LogP contribution in [-0.2, 0) is 9.53 Å². The summed E-state index contributed by atoms with van der Waals surface area (Å²) in [4.78, 5) is 26.5. The number of ether oxygens (including phenoxy) is 2. The van der Waals surface area contributed by atoms with Crippen LogP contribution < -0.4 is 20.8 Å². The predicted octanol–water partition coefficient (Wildman–Crippen LogP) is 2.85. The molecule has 0 aliphatic carbocycles. The van der Waals surface area contributed by atoms with Crippen molar-refractivity contribution in [3.05, 3.63) is 45.2 Å². The van der Waals surface area contributed by atoms with Gasteiger partial charge in [0, 0.05) is 0 Å². The molecule has 25 heavy (non-hydrogen) atoms. The van der Waals surface area contributed by atoms with E-state index in [9.17, 15) is 9.59 Å². The molecule has 4 N–H and O–H groups in total. The average Bonchev–Trinajstić information content (AvgIpc) is 2.61. The highest BCUT2D eigenvalue weighted by Gasteiger charge is 2.27. The first kappa shape index (κ1) is 19.1. The first-order chi connectivity index (χ1) is 11.8. The number of aromatic nitrogens is 1. The van der Waals surface area contributed by atoms with Gasteiger partial charge in [-0.3, -0.25) is 4.79 Å². The lowest BCUT2D eigenvalue weighted by Crippen LogP contribution is -2.26. The molecule has 7 nitrogen and oxygen atoms in total. The van der Waals surface area contributed by atoms with Gasteiger partial charge in [0.15, 0.2) is 6.61 Å². The van der Waals surface area contributed by atoms with Gasteiger partial charge in [-0.1, -0.05) is 35.3 Å². The number of carbonyl (C=O) groups is 2. The molecule has 0 aliphatic heterocycles. The molecule has 10 heteroatoms. The number of anilines is 2. The van der Waals surface area contributed by atoms with E-state index in [2.05, 4.69) is 10.3 Å². The van der Waals surface area contributed by atoms with Crippen molar-refractivity contribution in [3.63, 3.8) is 0 Å². The Balaban J connectivity index is 2.04. The number of carbonyl (C=O) groups excluding carboxylic acids is 2. The third-order valence-electron chi connectivity index (χ3n) is 3.04. The monoisotopic (exact) mass is 404 g/mol. The van der Waals surface area contributed by atoms with Crippen molar-refractivity contribution < 1.29 is 24.0 Å². The van der Waals surface area contributed by atoms with Gasteiger partial charge in [0.25, 0.3) is 11.1 Å². The Kier molecular flexibility index (Phi) is 6.30. The quantitative estimate of drug-likeness (QED) is 0.588. The summed E-state index contributed by atoms with van der Waals surface area (Å²) in [6, 6.07) is 6.79. The Hall–Kier alpha value is -2.22. The SMILES string of the molecule is COc1ccccc1NC(=O)COC(=O)c1[nH+]c(Cl)c(Cl)c(N)c1Cl. The average molecular weight is 406 g/mol. The van der Waals surface area contributed by atoms with Gasteiger partial charge in [-0.15, -0.1) is 0 Å². The van der Waals surface area contributed by atoms with Crippen LogP contribution in [0, 0.1) is 0 Å². The molecule has 1 aromatic heterocycles. The Morgan fingerprint density at radius 3 is 2.56 bits per heavy atom. The van der Waals surface area contributed by atoms with Gasteiger partial charge in [0.2, 0.25) is 0 Å². The number of amides is 1. The van der Waals surface area contributed by atoms with Crippen molar-refractivity contribution in [3.8, 4) is 5.75 Å². The van der Waals surface area contributed by atoms with Crippen LogP contribution in [0.1, 0.15) is 10.5 Å². The third kappa shape index (κ3) is 4.45. The molecule has 132 valence electrons. The van der Waals surface area contributed by atoms with E-state index < -0.39 is 18.5 Å². The fourth-order valence-electron chi connectivity index (χ4n) is 1.85. The van der Waals surface area contributed by atoms with Crippen molar-refractivity contribution in [1.29, 1.82) is 0 Å². The summed E-state index contributed by atoms with van der Waals surface area (Å²) in [6.45, 7) is -0.554. The van der Waals surface area contributed by atoms with Crippen LogP contribution in [0.5, 0.6) is 5.75 Å². The molecular formula is C15H13Cl3N3O4+. The van der Waals surface area contributed by atoms with Crippen molar-refractivity contribution in [2.24, 2.45) is 0 Å². The van der Waals surface area contributed by atoms with E-state index in [0.717, 1.165) is 0 Å². The number of pyridine rings is 1. The molecule has 2 aromatic rings. The molecule has 0 atom stereocenters. The summed E-state index contributed by atoms with van der Waals surface area (Å²) < 4.78 is 10.0. The number of halogens is 3. The minimum atomic E-state index is -0.912. The minimum absolute atomic E-state index is 0.0165. The van der Waals surface area contributed by atoms with E-state index in [4.69, 9.17) is 50.0 Å². The number of H-pyrrole nitrogens is 1. The Bertz CT molecular complexity index is 830. The van der Waals surface area contributed by atoms with Gasteiger partial charge in [-0.25, -0.2) is 4.79 Å². The maximum atomic E-state index is 12.1. The summed E-state index contributed by atoms with van der Waals surface area (Å²) in [6.07, 6.45) is 0. The molecule has 1 aromatic carbocycles. The molecule has 2 rings (SSSR count).